The van der Waals surface area contributed by atoms with Gasteiger partial charge in [0.2, 0.25) is 5.91 Å². The van der Waals surface area contributed by atoms with Crippen LogP contribution < -0.4 is 5.32 Å². The standard InChI is InChI=1S/C22H30N2O2/c1-13(2)14-3-5-15(6-4-14)20-17-11-24(12-18(17)20)21(26)16-9-22(10-16)8-7-19(25)23-22/h3-6,13,16-20,23,25H,7-12H2,1-2H3/t16?,17-,18+,19?,20?,22?. The van der Waals surface area contributed by atoms with Crippen molar-refractivity contribution in [3.8, 4) is 0 Å². The lowest BCUT2D eigenvalue weighted by Gasteiger charge is -2.46. The van der Waals surface area contributed by atoms with E-state index in [2.05, 4.69) is 48.3 Å². The van der Waals surface area contributed by atoms with Crippen LogP contribution in [0.3, 0.4) is 0 Å². The van der Waals surface area contributed by atoms with E-state index in [4.69, 9.17) is 0 Å². The van der Waals surface area contributed by atoms with Gasteiger partial charge in [0.25, 0.3) is 0 Å². The number of piperidine rings is 1. The highest BCUT2D eigenvalue weighted by molar-refractivity contribution is 5.81. The van der Waals surface area contributed by atoms with Crippen molar-refractivity contribution in [3.63, 3.8) is 0 Å². The first-order valence-corrected chi connectivity index (χ1v) is 10.3. The monoisotopic (exact) mass is 354 g/mol. The molecule has 0 aromatic heterocycles. The maximum absolute atomic E-state index is 12.8. The normalized spacial score (nSPS) is 40.8. The molecule has 0 bridgehead atoms. The number of rotatable bonds is 3. The molecule has 4 atom stereocenters. The zero-order valence-electron chi connectivity index (χ0n) is 15.8. The Morgan fingerprint density at radius 3 is 2.38 bits per heavy atom. The Morgan fingerprint density at radius 2 is 1.85 bits per heavy atom. The van der Waals surface area contributed by atoms with E-state index in [-0.39, 0.29) is 17.7 Å². The van der Waals surface area contributed by atoms with Crippen molar-refractivity contribution in [1.29, 1.82) is 0 Å². The van der Waals surface area contributed by atoms with Crippen LogP contribution in [0, 0.1) is 17.8 Å². The molecule has 2 N–H and O–H groups in total. The molecular formula is C22H30N2O2. The van der Waals surface area contributed by atoms with Crippen molar-refractivity contribution in [1.82, 2.24) is 10.2 Å². The molecular weight excluding hydrogens is 324 g/mol. The van der Waals surface area contributed by atoms with E-state index in [1.807, 2.05) is 0 Å². The minimum atomic E-state index is -0.367. The van der Waals surface area contributed by atoms with Gasteiger partial charge in [0, 0.05) is 24.5 Å². The van der Waals surface area contributed by atoms with E-state index in [0.717, 1.165) is 38.8 Å². The molecule has 4 nitrogen and oxygen atoms in total. The molecule has 2 saturated heterocycles. The molecule has 4 fully saturated rings. The van der Waals surface area contributed by atoms with Gasteiger partial charge in [-0.25, -0.2) is 0 Å². The summed E-state index contributed by atoms with van der Waals surface area (Å²) in [6.07, 6.45) is 3.29. The molecule has 2 heterocycles. The Hall–Kier alpha value is -1.39. The van der Waals surface area contributed by atoms with Crippen molar-refractivity contribution >= 4 is 5.91 Å². The fourth-order valence-electron chi connectivity index (χ4n) is 5.85. The second-order valence-corrected chi connectivity index (χ2v) is 9.50. The van der Waals surface area contributed by atoms with Crippen LogP contribution >= 0.6 is 0 Å². The zero-order valence-corrected chi connectivity index (χ0v) is 15.8. The average molecular weight is 354 g/mol. The lowest BCUT2D eigenvalue weighted by atomic mass is 9.67. The van der Waals surface area contributed by atoms with Crippen molar-refractivity contribution in [2.75, 3.05) is 13.1 Å². The summed E-state index contributed by atoms with van der Waals surface area (Å²) < 4.78 is 0. The van der Waals surface area contributed by atoms with Crippen LogP contribution in [0.5, 0.6) is 0 Å². The van der Waals surface area contributed by atoms with Gasteiger partial charge < -0.3 is 10.0 Å². The van der Waals surface area contributed by atoms with Crippen LogP contribution in [-0.4, -0.2) is 40.8 Å². The van der Waals surface area contributed by atoms with E-state index < -0.39 is 0 Å². The van der Waals surface area contributed by atoms with Gasteiger partial charge in [0.05, 0.1) is 0 Å². The van der Waals surface area contributed by atoms with Gasteiger partial charge in [0.1, 0.15) is 6.23 Å². The summed E-state index contributed by atoms with van der Waals surface area (Å²) >= 11 is 0. The van der Waals surface area contributed by atoms with Gasteiger partial charge in [-0.2, -0.15) is 0 Å². The molecule has 0 radical (unpaired) electrons. The Labute approximate surface area is 156 Å². The first-order valence-electron chi connectivity index (χ1n) is 10.3. The number of carbonyl (C=O) groups excluding carboxylic acids is 1. The third-order valence-corrected chi connectivity index (χ3v) is 7.49. The van der Waals surface area contributed by atoms with Gasteiger partial charge in [-0.1, -0.05) is 38.1 Å². The maximum Gasteiger partial charge on any atom is 0.225 e. The SMILES string of the molecule is CC(C)c1ccc(C2[C@H]3CN(C(=O)C4CC5(CCC(O)N5)C4)C[C@@H]23)cc1. The number of hydrogen-bond acceptors (Lipinski definition) is 3. The molecule has 2 saturated carbocycles. The molecule has 1 spiro atoms. The molecule has 2 unspecified atom stereocenters. The first kappa shape index (κ1) is 16.8. The molecule has 1 amide bonds. The van der Waals surface area contributed by atoms with Gasteiger partial charge in [-0.15, -0.1) is 0 Å². The number of amides is 1. The number of carbonyl (C=O) groups is 1. The Kier molecular flexibility index (Phi) is 3.74. The molecule has 4 heteroatoms. The number of aliphatic hydroxyl groups excluding tert-OH is 1. The summed E-state index contributed by atoms with van der Waals surface area (Å²) in [5.74, 6) is 3.12. The summed E-state index contributed by atoms with van der Waals surface area (Å²) in [5, 5.41) is 13.0. The van der Waals surface area contributed by atoms with Crippen molar-refractivity contribution in [3.05, 3.63) is 35.4 Å². The predicted octanol–water partition coefficient (Wildman–Crippen LogP) is 2.83. The fourth-order valence-corrected chi connectivity index (χ4v) is 5.85. The van der Waals surface area contributed by atoms with Crippen LogP contribution in [0.4, 0.5) is 0 Å². The van der Waals surface area contributed by atoms with Crippen LogP contribution in [0.25, 0.3) is 0 Å². The molecule has 1 aromatic rings. The molecule has 140 valence electrons. The third-order valence-electron chi connectivity index (χ3n) is 7.49. The maximum atomic E-state index is 12.8. The predicted molar refractivity (Wildman–Crippen MR) is 101 cm³/mol. The number of benzene rings is 1. The van der Waals surface area contributed by atoms with Gasteiger partial charge in [0.15, 0.2) is 0 Å². The van der Waals surface area contributed by atoms with E-state index in [0.29, 0.717) is 29.6 Å². The van der Waals surface area contributed by atoms with E-state index in [1.54, 1.807) is 0 Å². The largest absolute Gasteiger partial charge is 0.379 e. The number of hydrogen-bond donors (Lipinski definition) is 2. The van der Waals surface area contributed by atoms with Crippen LogP contribution in [0.15, 0.2) is 24.3 Å². The highest BCUT2D eigenvalue weighted by atomic mass is 16.3. The van der Waals surface area contributed by atoms with Crippen LogP contribution in [0.2, 0.25) is 0 Å². The smallest absolute Gasteiger partial charge is 0.225 e. The third kappa shape index (κ3) is 2.61. The number of likely N-dealkylation sites (tertiary alicyclic amines) is 1. The molecule has 1 aromatic carbocycles. The molecule has 2 aliphatic heterocycles. The summed E-state index contributed by atoms with van der Waals surface area (Å²) in [5.41, 5.74) is 2.92. The highest BCUT2D eigenvalue weighted by Crippen LogP contribution is 2.59. The quantitative estimate of drug-likeness (QED) is 0.878. The van der Waals surface area contributed by atoms with E-state index in [9.17, 15) is 9.90 Å². The van der Waals surface area contributed by atoms with Gasteiger partial charge in [-0.3, -0.25) is 10.1 Å². The highest BCUT2D eigenvalue weighted by Gasteiger charge is 2.59. The van der Waals surface area contributed by atoms with E-state index >= 15 is 0 Å². The summed E-state index contributed by atoms with van der Waals surface area (Å²) in [6, 6.07) is 9.15. The van der Waals surface area contributed by atoms with Crippen molar-refractivity contribution in [2.45, 2.75) is 63.1 Å². The summed E-state index contributed by atoms with van der Waals surface area (Å²) in [7, 11) is 0. The average Bonchev–Trinajstić information content (AvgIpc) is 2.94. The lowest BCUT2D eigenvalue weighted by Crippen LogP contribution is -2.57. The summed E-state index contributed by atoms with van der Waals surface area (Å²) in [6.45, 7) is 6.35. The number of nitrogens with one attached hydrogen (secondary N) is 1. The molecule has 4 aliphatic rings. The van der Waals surface area contributed by atoms with Crippen LogP contribution in [0.1, 0.15) is 62.5 Å². The molecule has 26 heavy (non-hydrogen) atoms. The van der Waals surface area contributed by atoms with Gasteiger partial charge >= 0.3 is 0 Å². The lowest BCUT2D eigenvalue weighted by molar-refractivity contribution is -0.140. The number of nitrogens with zero attached hydrogens (tertiary/aromatic N) is 1. The molecule has 5 rings (SSSR count). The Balaban J connectivity index is 1.15. The minimum absolute atomic E-state index is 0.0586. The van der Waals surface area contributed by atoms with Crippen molar-refractivity contribution in [2.24, 2.45) is 17.8 Å². The fraction of sp³-hybridized carbons (Fsp3) is 0.682. The second-order valence-electron chi connectivity index (χ2n) is 9.50. The number of aliphatic hydroxyl groups is 1. The summed E-state index contributed by atoms with van der Waals surface area (Å²) in [4.78, 5) is 14.9. The van der Waals surface area contributed by atoms with Gasteiger partial charge in [-0.05, 0) is 60.5 Å². The van der Waals surface area contributed by atoms with Crippen LogP contribution in [-0.2, 0) is 4.79 Å². The second kappa shape index (κ2) is 5.80. The Bertz CT molecular complexity index is 695. The zero-order chi connectivity index (χ0) is 18.1. The van der Waals surface area contributed by atoms with E-state index in [1.165, 1.54) is 11.1 Å². The minimum Gasteiger partial charge on any atom is -0.379 e. The first-order chi connectivity index (χ1) is 12.5. The molecule has 2 aliphatic carbocycles. The van der Waals surface area contributed by atoms with Crippen molar-refractivity contribution < 1.29 is 9.90 Å². The number of fused-ring (bicyclic) bond motifs is 1. The topological polar surface area (TPSA) is 52.6 Å². The Morgan fingerprint density at radius 1 is 1.19 bits per heavy atom.